The molecule has 1 atom stereocenters. The number of benzene rings is 1. The predicted molar refractivity (Wildman–Crippen MR) is 43.7 cm³/mol. The third-order valence-corrected chi connectivity index (χ3v) is 1.54. The van der Waals surface area contributed by atoms with Crippen molar-refractivity contribution in [3.63, 3.8) is 0 Å². The van der Waals surface area contributed by atoms with Crippen LogP contribution in [-0.2, 0) is 0 Å². The maximum Gasteiger partial charge on any atom is 0.118 e. The lowest BCUT2D eigenvalue weighted by Gasteiger charge is -2.02. The first-order chi connectivity index (χ1) is 5.24. The Morgan fingerprint density at radius 3 is 2.82 bits per heavy atom. The van der Waals surface area contributed by atoms with E-state index in [2.05, 4.69) is 0 Å². The Balaban J connectivity index is 2.98. The SMILES string of the molecule is Cc1cccc(C(N)C#N)c1. The van der Waals surface area contributed by atoms with E-state index in [1.165, 1.54) is 0 Å². The van der Waals surface area contributed by atoms with E-state index in [4.69, 9.17) is 11.0 Å². The van der Waals surface area contributed by atoms with Crippen molar-refractivity contribution in [2.24, 2.45) is 5.73 Å². The molecule has 2 N–H and O–H groups in total. The summed E-state index contributed by atoms with van der Waals surface area (Å²) in [7, 11) is 0. The summed E-state index contributed by atoms with van der Waals surface area (Å²) in [5.41, 5.74) is 7.52. The molecular formula is C9H10N2. The molecule has 0 radical (unpaired) electrons. The van der Waals surface area contributed by atoms with Crippen LogP contribution in [0.3, 0.4) is 0 Å². The van der Waals surface area contributed by atoms with Crippen molar-refractivity contribution in [3.05, 3.63) is 35.4 Å². The molecule has 0 amide bonds. The van der Waals surface area contributed by atoms with Gasteiger partial charge in [0.25, 0.3) is 0 Å². The molecule has 2 heteroatoms. The molecule has 0 aromatic heterocycles. The number of aryl methyl sites for hydroxylation is 1. The minimum atomic E-state index is -0.491. The molecule has 0 saturated carbocycles. The fourth-order valence-corrected chi connectivity index (χ4v) is 0.938. The molecular weight excluding hydrogens is 136 g/mol. The number of hydrogen-bond acceptors (Lipinski definition) is 2. The second-order valence-corrected chi connectivity index (χ2v) is 2.52. The molecule has 56 valence electrons. The Labute approximate surface area is 66.3 Å². The molecule has 1 rings (SSSR count). The van der Waals surface area contributed by atoms with Gasteiger partial charge in [-0.05, 0) is 12.5 Å². The van der Waals surface area contributed by atoms with Crippen LogP contribution in [0.15, 0.2) is 24.3 Å². The van der Waals surface area contributed by atoms with E-state index < -0.39 is 6.04 Å². The van der Waals surface area contributed by atoms with E-state index in [1.807, 2.05) is 37.3 Å². The Morgan fingerprint density at radius 2 is 2.27 bits per heavy atom. The molecule has 2 nitrogen and oxygen atoms in total. The fraction of sp³-hybridized carbons (Fsp3) is 0.222. The Hall–Kier alpha value is -1.33. The summed E-state index contributed by atoms with van der Waals surface area (Å²) in [6.45, 7) is 1.98. The molecule has 0 saturated heterocycles. The lowest BCUT2D eigenvalue weighted by molar-refractivity contribution is 0.924. The van der Waals surface area contributed by atoms with Crippen molar-refractivity contribution in [2.75, 3.05) is 0 Å². The topological polar surface area (TPSA) is 49.8 Å². The van der Waals surface area contributed by atoms with E-state index >= 15 is 0 Å². The van der Waals surface area contributed by atoms with Crippen LogP contribution in [0, 0.1) is 18.3 Å². The lowest BCUT2D eigenvalue weighted by Crippen LogP contribution is -2.06. The predicted octanol–water partition coefficient (Wildman–Crippen LogP) is 1.52. The van der Waals surface area contributed by atoms with Gasteiger partial charge in [0, 0.05) is 0 Å². The van der Waals surface area contributed by atoms with Gasteiger partial charge < -0.3 is 5.73 Å². The quantitative estimate of drug-likeness (QED) is 0.653. The van der Waals surface area contributed by atoms with Crippen molar-refractivity contribution < 1.29 is 0 Å². The van der Waals surface area contributed by atoms with Crippen LogP contribution in [-0.4, -0.2) is 0 Å². The molecule has 0 fully saturated rings. The number of nitrogens with two attached hydrogens (primary N) is 1. The number of nitriles is 1. The van der Waals surface area contributed by atoms with Gasteiger partial charge in [0.1, 0.15) is 6.04 Å². The molecule has 1 aromatic rings. The van der Waals surface area contributed by atoms with Gasteiger partial charge in [0.15, 0.2) is 0 Å². The minimum absolute atomic E-state index is 0.491. The molecule has 0 spiro atoms. The Morgan fingerprint density at radius 1 is 1.55 bits per heavy atom. The summed E-state index contributed by atoms with van der Waals surface area (Å²) >= 11 is 0. The molecule has 0 bridgehead atoms. The zero-order chi connectivity index (χ0) is 8.27. The van der Waals surface area contributed by atoms with Crippen LogP contribution >= 0.6 is 0 Å². The summed E-state index contributed by atoms with van der Waals surface area (Å²) in [6.07, 6.45) is 0. The van der Waals surface area contributed by atoms with Crippen molar-refractivity contribution in [3.8, 4) is 6.07 Å². The molecule has 0 aliphatic heterocycles. The molecule has 0 aliphatic rings. The molecule has 11 heavy (non-hydrogen) atoms. The summed E-state index contributed by atoms with van der Waals surface area (Å²) < 4.78 is 0. The lowest BCUT2D eigenvalue weighted by atomic mass is 10.1. The number of rotatable bonds is 1. The highest BCUT2D eigenvalue weighted by atomic mass is 14.6. The molecule has 0 aliphatic carbocycles. The highest BCUT2D eigenvalue weighted by molar-refractivity contribution is 5.27. The van der Waals surface area contributed by atoms with Gasteiger partial charge in [0.05, 0.1) is 6.07 Å². The minimum Gasteiger partial charge on any atom is -0.312 e. The van der Waals surface area contributed by atoms with Crippen LogP contribution in [0.25, 0.3) is 0 Å². The first-order valence-corrected chi connectivity index (χ1v) is 3.46. The van der Waals surface area contributed by atoms with Gasteiger partial charge in [-0.2, -0.15) is 5.26 Å². The third kappa shape index (κ3) is 1.79. The number of hydrogen-bond donors (Lipinski definition) is 1. The van der Waals surface area contributed by atoms with Crippen LogP contribution in [0.4, 0.5) is 0 Å². The van der Waals surface area contributed by atoms with Gasteiger partial charge >= 0.3 is 0 Å². The van der Waals surface area contributed by atoms with Gasteiger partial charge in [0.2, 0.25) is 0 Å². The number of nitrogens with zero attached hydrogens (tertiary/aromatic N) is 1. The third-order valence-electron chi connectivity index (χ3n) is 1.54. The zero-order valence-electron chi connectivity index (χ0n) is 6.41. The average molecular weight is 146 g/mol. The normalized spacial score (nSPS) is 12.1. The summed E-state index contributed by atoms with van der Waals surface area (Å²) in [4.78, 5) is 0. The van der Waals surface area contributed by atoms with E-state index in [0.717, 1.165) is 11.1 Å². The second kappa shape index (κ2) is 3.18. The van der Waals surface area contributed by atoms with Crippen molar-refractivity contribution in [2.45, 2.75) is 13.0 Å². The molecule has 1 aromatic carbocycles. The smallest absolute Gasteiger partial charge is 0.118 e. The van der Waals surface area contributed by atoms with Crippen molar-refractivity contribution in [1.82, 2.24) is 0 Å². The Kier molecular flexibility index (Phi) is 2.25. The summed E-state index contributed by atoms with van der Waals surface area (Å²) in [6, 6.07) is 9.17. The van der Waals surface area contributed by atoms with Crippen LogP contribution in [0.5, 0.6) is 0 Å². The van der Waals surface area contributed by atoms with E-state index in [-0.39, 0.29) is 0 Å². The van der Waals surface area contributed by atoms with Gasteiger partial charge in [-0.25, -0.2) is 0 Å². The average Bonchev–Trinajstić information content (AvgIpc) is 2.03. The van der Waals surface area contributed by atoms with Crippen LogP contribution in [0.2, 0.25) is 0 Å². The Bertz CT molecular complexity index is 286. The summed E-state index contributed by atoms with van der Waals surface area (Å²) in [5.74, 6) is 0. The van der Waals surface area contributed by atoms with Crippen LogP contribution < -0.4 is 5.73 Å². The maximum atomic E-state index is 8.50. The monoisotopic (exact) mass is 146 g/mol. The zero-order valence-corrected chi connectivity index (χ0v) is 6.41. The van der Waals surface area contributed by atoms with E-state index in [1.54, 1.807) is 0 Å². The standard InChI is InChI=1S/C9H10N2/c1-7-3-2-4-8(5-7)9(11)6-10/h2-5,9H,11H2,1H3. The van der Waals surface area contributed by atoms with Gasteiger partial charge in [-0.15, -0.1) is 0 Å². The first kappa shape index (κ1) is 7.77. The summed E-state index contributed by atoms with van der Waals surface area (Å²) in [5, 5.41) is 8.50. The fourth-order valence-electron chi connectivity index (χ4n) is 0.938. The molecule has 0 heterocycles. The van der Waals surface area contributed by atoms with E-state index in [0.29, 0.717) is 0 Å². The molecule has 1 unspecified atom stereocenters. The van der Waals surface area contributed by atoms with Gasteiger partial charge in [-0.3, -0.25) is 0 Å². The largest absolute Gasteiger partial charge is 0.312 e. The van der Waals surface area contributed by atoms with Crippen LogP contribution in [0.1, 0.15) is 17.2 Å². The van der Waals surface area contributed by atoms with Crippen molar-refractivity contribution in [1.29, 1.82) is 5.26 Å². The first-order valence-electron chi connectivity index (χ1n) is 3.46. The van der Waals surface area contributed by atoms with E-state index in [9.17, 15) is 0 Å². The highest BCUT2D eigenvalue weighted by Gasteiger charge is 2.01. The second-order valence-electron chi connectivity index (χ2n) is 2.52. The maximum absolute atomic E-state index is 8.50. The van der Waals surface area contributed by atoms with Gasteiger partial charge in [-0.1, -0.05) is 29.8 Å². The van der Waals surface area contributed by atoms with Crippen molar-refractivity contribution >= 4 is 0 Å². The highest BCUT2D eigenvalue weighted by Crippen LogP contribution is 2.10.